The Bertz CT molecular complexity index is 372. The third-order valence-electron chi connectivity index (χ3n) is 2.84. The van der Waals surface area contributed by atoms with Crippen molar-refractivity contribution in [3.05, 3.63) is 28.8 Å². The van der Waals surface area contributed by atoms with Crippen molar-refractivity contribution in [3.8, 4) is 5.75 Å². The van der Waals surface area contributed by atoms with Crippen LogP contribution in [0, 0.1) is 0 Å². The molecule has 0 bridgehead atoms. The molecular formula is C13H18ClNOS. The Hall–Kier alpha value is -0.380. The van der Waals surface area contributed by atoms with Crippen molar-refractivity contribution in [2.45, 2.75) is 18.9 Å². The number of hydrogen-bond donors (Lipinski definition) is 1. The molecule has 1 aliphatic rings. The van der Waals surface area contributed by atoms with Gasteiger partial charge in [0.25, 0.3) is 0 Å². The summed E-state index contributed by atoms with van der Waals surface area (Å²) in [7, 11) is 0. The van der Waals surface area contributed by atoms with Gasteiger partial charge in [0, 0.05) is 18.0 Å². The van der Waals surface area contributed by atoms with Gasteiger partial charge in [-0.25, -0.2) is 0 Å². The Labute approximate surface area is 112 Å². The van der Waals surface area contributed by atoms with Crippen LogP contribution in [0.3, 0.4) is 0 Å². The zero-order valence-corrected chi connectivity index (χ0v) is 11.6. The van der Waals surface area contributed by atoms with Crippen LogP contribution in [-0.2, 0) is 6.42 Å². The van der Waals surface area contributed by atoms with E-state index < -0.39 is 0 Å². The van der Waals surface area contributed by atoms with Crippen LogP contribution < -0.4 is 10.1 Å². The summed E-state index contributed by atoms with van der Waals surface area (Å²) in [6.45, 7) is 1.98. The summed E-state index contributed by atoms with van der Waals surface area (Å²) in [6, 6.07) is 5.85. The van der Waals surface area contributed by atoms with Gasteiger partial charge in [0.05, 0.1) is 0 Å². The lowest BCUT2D eigenvalue weighted by molar-refractivity contribution is 0.228. The average molecular weight is 272 g/mol. The highest BCUT2D eigenvalue weighted by molar-refractivity contribution is 7.98. The van der Waals surface area contributed by atoms with Crippen molar-refractivity contribution in [1.82, 2.24) is 5.32 Å². The summed E-state index contributed by atoms with van der Waals surface area (Å²) in [5.41, 5.74) is 1.23. The van der Waals surface area contributed by atoms with Gasteiger partial charge in [0.15, 0.2) is 0 Å². The van der Waals surface area contributed by atoms with Crippen LogP contribution in [0.15, 0.2) is 18.2 Å². The second kappa shape index (κ2) is 6.53. The first-order chi connectivity index (χ1) is 8.29. The predicted molar refractivity (Wildman–Crippen MR) is 75.4 cm³/mol. The smallest absolute Gasteiger partial charge is 0.123 e. The molecule has 17 heavy (non-hydrogen) atoms. The number of halogens is 1. The summed E-state index contributed by atoms with van der Waals surface area (Å²) in [4.78, 5) is 0. The number of thioether (sulfide) groups is 1. The molecule has 1 aliphatic heterocycles. The Balaban J connectivity index is 1.73. The van der Waals surface area contributed by atoms with Gasteiger partial charge in [-0.15, -0.1) is 0 Å². The fraction of sp³-hybridized carbons (Fsp3) is 0.538. The third-order valence-corrected chi connectivity index (χ3v) is 3.77. The van der Waals surface area contributed by atoms with Crippen LogP contribution in [0.4, 0.5) is 0 Å². The van der Waals surface area contributed by atoms with Gasteiger partial charge in [-0.3, -0.25) is 0 Å². The molecular weight excluding hydrogens is 254 g/mol. The molecule has 1 atom stereocenters. The van der Waals surface area contributed by atoms with Gasteiger partial charge < -0.3 is 10.1 Å². The molecule has 0 saturated carbocycles. The summed E-state index contributed by atoms with van der Waals surface area (Å²) in [5, 5.41) is 4.23. The number of hydrogen-bond acceptors (Lipinski definition) is 3. The van der Waals surface area contributed by atoms with Gasteiger partial charge in [-0.1, -0.05) is 11.6 Å². The fourth-order valence-electron chi connectivity index (χ4n) is 2.01. The van der Waals surface area contributed by atoms with Gasteiger partial charge >= 0.3 is 0 Å². The minimum absolute atomic E-state index is 0.262. The predicted octanol–water partition coefficient (Wildman–Crippen LogP) is 2.99. The summed E-state index contributed by atoms with van der Waals surface area (Å²) >= 11 is 7.85. The maximum Gasteiger partial charge on any atom is 0.123 e. The molecule has 0 spiro atoms. The van der Waals surface area contributed by atoms with E-state index in [2.05, 4.69) is 11.6 Å². The van der Waals surface area contributed by atoms with Crippen molar-refractivity contribution < 1.29 is 4.74 Å². The SMILES string of the molecule is CSCCCNCC1Cc2cc(Cl)ccc2O1. The van der Waals surface area contributed by atoms with E-state index >= 15 is 0 Å². The summed E-state index contributed by atoms with van der Waals surface area (Å²) in [5.74, 6) is 2.21. The third kappa shape index (κ3) is 3.80. The van der Waals surface area contributed by atoms with Crippen molar-refractivity contribution in [2.75, 3.05) is 25.1 Å². The quantitative estimate of drug-likeness (QED) is 0.804. The molecule has 1 N–H and O–H groups in total. The lowest BCUT2D eigenvalue weighted by Crippen LogP contribution is -2.30. The molecule has 1 unspecified atom stereocenters. The van der Waals surface area contributed by atoms with Crippen LogP contribution in [0.25, 0.3) is 0 Å². The summed E-state index contributed by atoms with van der Waals surface area (Å²) in [6.07, 6.45) is 4.58. The molecule has 0 radical (unpaired) electrons. The van der Waals surface area contributed by atoms with Crippen molar-refractivity contribution in [1.29, 1.82) is 0 Å². The maximum atomic E-state index is 5.96. The maximum absolute atomic E-state index is 5.96. The van der Waals surface area contributed by atoms with E-state index in [1.54, 1.807) is 0 Å². The molecule has 1 aromatic carbocycles. The highest BCUT2D eigenvalue weighted by Gasteiger charge is 2.22. The number of rotatable bonds is 6. The van der Waals surface area contributed by atoms with E-state index in [1.165, 1.54) is 17.7 Å². The molecule has 1 heterocycles. The van der Waals surface area contributed by atoms with E-state index in [1.807, 2.05) is 30.0 Å². The van der Waals surface area contributed by atoms with Crippen molar-refractivity contribution in [2.24, 2.45) is 0 Å². The van der Waals surface area contributed by atoms with E-state index in [4.69, 9.17) is 16.3 Å². The lowest BCUT2D eigenvalue weighted by atomic mass is 10.1. The molecule has 1 aromatic rings. The first-order valence-electron chi connectivity index (χ1n) is 5.94. The monoisotopic (exact) mass is 271 g/mol. The van der Waals surface area contributed by atoms with E-state index in [9.17, 15) is 0 Å². The Kier molecular flexibility index (Phi) is 5.01. The minimum atomic E-state index is 0.262. The first-order valence-corrected chi connectivity index (χ1v) is 7.71. The number of nitrogens with one attached hydrogen (secondary N) is 1. The molecule has 0 fully saturated rings. The zero-order chi connectivity index (χ0) is 12.1. The molecule has 0 aliphatic carbocycles. The van der Waals surface area contributed by atoms with Gasteiger partial charge in [0.2, 0.25) is 0 Å². The van der Waals surface area contributed by atoms with E-state index in [-0.39, 0.29) is 6.10 Å². The highest BCUT2D eigenvalue weighted by Crippen LogP contribution is 2.30. The van der Waals surface area contributed by atoms with Crippen LogP contribution in [0.5, 0.6) is 5.75 Å². The molecule has 0 amide bonds. The minimum Gasteiger partial charge on any atom is -0.488 e. The standard InChI is InChI=1S/C13H18ClNOS/c1-17-6-2-5-15-9-12-8-10-7-11(14)3-4-13(10)16-12/h3-4,7,12,15H,2,5-6,8-9H2,1H3. The molecule has 0 aromatic heterocycles. The highest BCUT2D eigenvalue weighted by atomic mass is 35.5. The Morgan fingerprint density at radius 3 is 3.24 bits per heavy atom. The van der Waals surface area contributed by atoms with Crippen LogP contribution >= 0.6 is 23.4 Å². The Morgan fingerprint density at radius 1 is 1.53 bits per heavy atom. The lowest BCUT2D eigenvalue weighted by Gasteiger charge is -2.11. The van der Waals surface area contributed by atoms with Crippen LogP contribution in [0.2, 0.25) is 5.02 Å². The number of ether oxygens (including phenoxy) is 1. The van der Waals surface area contributed by atoms with Crippen LogP contribution in [0.1, 0.15) is 12.0 Å². The van der Waals surface area contributed by atoms with Gasteiger partial charge in [-0.2, -0.15) is 11.8 Å². The molecule has 0 saturated heterocycles. The van der Waals surface area contributed by atoms with Crippen molar-refractivity contribution >= 4 is 23.4 Å². The fourth-order valence-corrected chi connectivity index (χ4v) is 2.64. The van der Waals surface area contributed by atoms with Crippen molar-refractivity contribution in [3.63, 3.8) is 0 Å². The van der Waals surface area contributed by atoms with E-state index in [0.29, 0.717) is 0 Å². The molecule has 2 nitrogen and oxygen atoms in total. The Morgan fingerprint density at radius 2 is 2.41 bits per heavy atom. The summed E-state index contributed by atoms with van der Waals surface area (Å²) < 4.78 is 5.84. The zero-order valence-electron chi connectivity index (χ0n) is 10.0. The second-order valence-electron chi connectivity index (χ2n) is 4.25. The molecule has 94 valence electrons. The van der Waals surface area contributed by atoms with Crippen LogP contribution in [-0.4, -0.2) is 31.2 Å². The van der Waals surface area contributed by atoms with E-state index in [0.717, 1.165) is 30.3 Å². The number of fused-ring (bicyclic) bond motifs is 1. The average Bonchev–Trinajstić information content (AvgIpc) is 2.70. The normalized spacial score (nSPS) is 17.9. The van der Waals surface area contributed by atoms with Gasteiger partial charge in [0.1, 0.15) is 11.9 Å². The first kappa shape index (κ1) is 13.1. The molecule has 4 heteroatoms. The number of benzene rings is 1. The largest absolute Gasteiger partial charge is 0.488 e. The topological polar surface area (TPSA) is 21.3 Å². The van der Waals surface area contributed by atoms with Gasteiger partial charge in [-0.05, 0) is 48.7 Å². The second-order valence-corrected chi connectivity index (χ2v) is 5.67. The molecule has 2 rings (SSSR count).